The van der Waals surface area contributed by atoms with Gasteiger partial charge in [-0.2, -0.15) is 0 Å². The highest BCUT2D eigenvalue weighted by Crippen LogP contribution is 2.15. The van der Waals surface area contributed by atoms with Crippen LogP contribution >= 0.6 is 0 Å². The fourth-order valence-electron chi connectivity index (χ4n) is 1.70. The first-order valence-corrected chi connectivity index (χ1v) is 5.97. The van der Waals surface area contributed by atoms with Crippen LogP contribution in [0.4, 0.5) is 0 Å². The number of carbonyl (C=O) groups is 1. The lowest BCUT2D eigenvalue weighted by atomic mass is 9.98. The van der Waals surface area contributed by atoms with Gasteiger partial charge in [0.1, 0.15) is 5.75 Å². The van der Waals surface area contributed by atoms with Crippen LogP contribution in [-0.4, -0.2) is 35.1 Å². The molecule has 0 aromatic heterocycles. The second kappa shape index (κ2) is 6.51. The average Bonchev–Trinajstić information content (AvgIpc) is 2.36. The number of methoxy groups -OCH3 is 1. The van der Waals surface area contributed by atoms with Crippen molar-refractivity contribution in [3.05, 3.63) is 29.8 Å². The van der Waals surface area contributed by atoms with Crippen molar-refractivity contribution in [1.82, 2.24) is 0 Å². The van der Waals surface area contributed by atoms with Gasteiger partial charge in [-0.3, -0.25) is 0 Å². The van der Waals surface area contributed by atoms with Crippen LogP contribution in [0.1, 0.15) is 18.4 Å². The first kappa shape index (κ1) is 15.4. The van der Waals surface area contributed by atoms with Crippen LogP contribution < -0.4 is 16.2 Å². The third kappa shape index (κ3) is 4.86. The Bertz CT molecular complexity index is 417. The van der Waals surface area contributed by atoms with Crippen molar-refractivity contribution in [2.24, 2.45) is 11.5 Å². The number of aliphatic hydroxyl groups is 1. The van der Waals surface area contributed by atoms with Crippen molar-refractivity contribution in [1.29, 1.82) is 0 Å². The SMILES string of the molecule is COc1ccc(CCC(O)CC(N)(N)C(=O)O)cc1. The van der Waals surface area contributed by atoms with Crippen LogP contribution in [0.2, 0.25) is 0 Å². The fourth-order valence-corrected chi connectivity index (χ4v) is 1.70. The Kier molecular flexibility index (Phi) is 5.29. The Hall–Kier alpha value is -1.63. The van der Waals surface area contributed by atoms with E-state index < -0.39 is 17.7 Å². The van der Waals surface area contributed by atoms with Crippen molar-refractivity contribution in [3.63, 3.8) is 0 Å². The van der Waals surface area contributed by atoms with Gasteiger partial charge >= 0.3 is 5.97 Å². The minimum atomic E-state index is -1.89. The van der Waals surface area contributed by atoms with E-state index in [1.54, 1.807) is 7.11 Å². The number of aliphatic hydroxyl groups excluding tert-OH is 1. The van der Waals surface area contributed by atoms with Crippen molar-refractivity contribution < 1.29 is 19.7 Å². The summed E-state index contributed by atoms with van der Waals surface area (Å²) < 4.78 is 5.04. The number of aryl methyl sites for hydroxylation is 1. The molecule has 0 amide bonds. The second-order valence-electron chi connectivity index (χ2n) is 4.59. The zero-order valence-electron chi connectivity index (χ0n) is 10.9. The fraction of sp³-hybridized carbons (Fsp3) is 0.462. The van der Waals surface area contributed by atoms with Gasteiger partial charge in [-0.1, -0.05) is 12.1 Å². The van der Waals surface area contributed by atoms with Gasteiger partial charge in [-0.15, -0.1) is 0 Å². The summed E-state index contributed by atoms with van der Waals surface area (Å²) >= 11 is 0. The summed E-state index contributed by atoms with van der Waals surface area (Å²) in [6.07, 6.45) is -0.0250. The molecule has 6 nitrogen and oxygen atoms in total. The molecule has 106 valence electrons. The highest BCUT2D eigenvalue weighted by atomic mass is 16.5. The first-order valence-electron chi connectivity index (χ1n) is 5.97. The van der Waals surface area contributed by atoms with E-state index in [1.165, 1.54) is 0 Å². The predicted molar refractivity (Wildman–Crippen MR) is 70.7 cm³/mol. The molecule has 6 heteroatoms. The molecule has 0 fully saturated rings. The molecule has 0 radical (unpaired) electrons. The standard InChI is InChI=1S/C13H20N2O4/c1-19-11-6-3-9(4-7-11)2-5-10(16)8-13(14,15)12(17)18/h3-4,6-7,10,16H,2,5,8,14-15H2,1H3,(H,17,18). The maximum Gasteiger partial charge on any atom is 0.338 e. The Morgan fingerprint density at radius 1 is 1.37 bits per heavy atom. The van der Waals surface area contributed by atoms with Crippen LogP contribution in [0.15, 0.2) is 24.3 Å². The van der Waals surface area contributed by atoms with Gasteiger partial charge in [0.25, 0.3) is 0 Å². The molecule has 1 unspecified atom stereocenters. The summed E-state index contributed by atoms with van der Waals surface area (Å²) in [5.74, 6) is -0.561. The third-order valence-corrected chi connectivity index (χ3v) is 2.90. The summed E-state index contributed by atoms with van der Waals surface area (Å²) in [6.45, 7) is 0. The van der Waals surface area contributed by atoms with Crippen LogP contribution in [0.25, 0.3) is 0 Å². The molecule has 0 bridgehead atoms. The Morgan fingerprint density at radius 2 is 1.95 bits per heavy atom. The van der Waals surface area contributed by atoms with Gasteiger partial charge in [0.15, 0.2) is 5.66 Å². The van der Waals surface area contributed by atoms with Gasteiger partial charge in [0, 0.05) is 6.42 Å². The number of ether oxygens (including phenoxy) is 1. The number of hydrogen-bond acceptors (Lipinski definition) is 5. The molecule has 6 N–H and O–H groups in total. The highest BCUT2D eigenvalue weighted by molar-refractivity contribution is 5.77. The molecule has 1 atom stereocenters. The molecule has 1 aromatic carbocycles. The number of rotatable bonds is 7. The first-order chi connectivity index (χ1) is 8.85. The molecular weight excluding hydrogens is 248 g/mol. The monoisotopic (exact) mass is 268 g/mol. The molecular formula is C13H20N2O4. The molecule has 0 saturated carbocycles. The summed E-state index contributed by atoms with van der Waals surface area (Å²) in [7, 11) is 1.59. The van der Waals surface area contributed by atoms with Gasteiger partial charge in [-0.05, 0) is 30.5 Å². The summed E-state index contributed by atoms with van der Waals surface area (Å²) in [4.78, 5) is 10.7. The Morgan fingerprint density at radius 3 is 2.42 bits per heavy atom. The van der Waals surface area contributed by atoms with E-state index in [1.807, 2.05) is 24.3 Å². The molecule has 0 aliphatic heterocycles. The maximum atomic E-state index is 10.7. The number of aliphatic carboxylic acids is 1. The van der Waals surface area contributed by atoms with Crippen molar-refractivity contribution >= 4 is 5.97 Å². The van der Waals surface area contributed by atoms with Crippen molar-refractivity contribution in [2.75, 3.05) is 7.11 Å². The summed E-state index contributed by atoms with van der Waals surface area (Å²) in [5, 5.41) is 18.5. The normalized spacial score (nSPS) is 13.1. The van der Waals surface area contributed by atoms with Crippen LogP contribution in [0, 0.1) is 0 Å². The van der Waals surface area contributed by atoms with Crippen LogP contribution in [0.3, 0.4) is 0 Å². The van der Waals surface area contributed by atoms with Gasteiger partial charge < -0.3 is 26.4 Å². The Labute approximate surface area is 112 Å². The lowest BCUT2D eigenvalue weighted by Crippen LogP contribution is -2.58. The summed E-state index contributed by atoms with van der Waals surface area (Å²) in [6, 6.07) is 7.44. The Balaban J connectivity index is 2.45. The van der Waals surface area contributed by atoms with E-state index in [-0.39, 0.29) is 6.42 Å². The minimum absolute atomic E-state index is 0.182. The van der Waals surface area contributed by atoms with Gasteiger partial charge in [0.05, 0.1) is 13.2 Å². The molecule has 0 saturated heterocycles. The average molecular weight is 268 g/mol. The number of hydrogen-bond donors (Lipinski definition) is 4. The maximum absolute atomic E-state index is 10.7. The zero-order chi connectivity index (χ0) is 14.5. The van der Waals surface area contributed by atoms with E-state index in [9.17, 15) is 9.90 Å². The largest absolute Gasteiger partial charge is 0.497 e. The summed E-state index contributed by atoms with van der Waals surface area (Å²) in [5.41, 5.74) is 9.87. The molecule has 19 heavy (non-hydrogen) atoms. The van der Waals surface area contributed by atoms with Gasteiger partial charge in [-0.25, -0.2) is 4.79 Å². The van der Waals surface area contributed by atoms with Crippen molar-refractivity contribution in [3.8, 4) is 5.75 Å². The van der Waals surface area contributed by atoms with E-state index in [2.05, 4.69) is 0 Å². The topological polar surface area (TPSA) is 119 Å². The molecule has 0 aliphatic carbocycles. The highest BCUT2D eigenvalue weighted by Gasteiger charge is 2.31. The quantitative estimate of drug-likeness (QED) is 0.520. The number of carboxylic acids is 1. The van der Waals surface area contributed by atoms with Crippen LogP contribution in [0.5, 0.6) is 5.75 Å². The molecule has 0 aliphatic rings. The second-order valence-corrected chi connectivity index (χ2v) is 4.59. The van der Waals surface area contributed by atoms with E-state index in [0.29, 0.717) is 12.8 Å². The van der Waals surface area contributed by atoms with E-state index in [4.69, 9.17) is 21.3 Å². The molecule has 1 rings (SSSR count). The molecule has 0 heterocycles. The van der Waals surface area contributed by atoms with Gasteiger partial charge in [0.2, 0.25) is 0 Å². The van der Waals surface area contributed by atoms with E-state index in [0.717, 1.165) is 11.3 Å². The van der Waals surface area contributed by atoms with E-state index >= 15 is 0 Å². The lowest BCUT2D eigenvalue weighted by Gasteiger charge is -2.22. The van der Waals surface area contributed by atoms with Crippen molar-refractivity contribution in [2.45, 2.75) is 31.0 Å². The zero-order valence-corrected chi connectivity index (χ0v) is 10.9. The number of nitrogens with two attached hydrogens (primary N) is 2. The predicted octanol–water partition coefficient (Wildman–Crippen LogP) is 0.0771. The lowest BCUT2D eigenvalue weighted by molar-refractivity contribution is -0.144. The minimum Gasteiger partial charge on any atom is -0.497 e. The van der Waals surface area contributed by atoms with Crippen LogP contribution in [-0.2, 0) is 11.2 Å². The third-order valence-electron chi connectivity index (χ3n) is 2.90. The molecule has 0 spiro atoms. The number of benzene rings is 1. The number of carboxylic acid groups (broad SMARTS) is 1. The smallest absolute Gasteiger partial charge is 0.338 e. The molecule has 1 aromatic rings.